The first-order valence-corrected chi connectivity index (χ1v) is 6.82. The molecule has 0 spiro atoms. The number of hydrogen-bond acceptors (Lipinski definition) is 3. The highest BCUT2D eigenvalue weighted by Crippen LogP contribution is 2.25. The van der Waals surface area contributed by atoms with Crippen LogP contribution in [0.5, 0.6) is 5.88 Å². The summed E-state index contributed by atoms with van der Waals surface area (Å²) < 4.78 is 19.8. The summed E-state index contributed by atoms with van der Waals surface area (Å²) >= 11 is 0. The van der Waals surface area contributed by atoms with Crippen LogP contribution >= 0.6 is 0 Å². The third-order valence-electron chi connectivity index (χ3n) is 3.33. The Morgan fingerprint density at radius 1 is 1.39 bits per heavy atom. The number of nitrogens with one attached hydrogen (secondary N) is 1. The van der Waals surface area contributed by atoms with Crippen molar-refractivity contribution in [2.24, 2.45) is 0 Å². The molecule has 100 valence electrons. The Morgan fingerprint density at radius 3 is 2.89 bits per heavy atom. The zero-order chi connectivity index (χ0) is 12.8. The Balaban J connectivity index is 2.02. The minimum Gasteiger partial charge on any atom is -0.472 e. The topological polar surface area (TPSA) is 34.2 Å². The first-order chi connectivity index (χ1) is 8.81. The lowest BCUT2D eigenvalue weighted by Crippen LogP contribution is -2.21. The van der Waals surface area contributed by atoms with Crippen LogP contribution in [0.15, 0.2) is 12.3 Å². The van der Waals surface area contributed by atoms with Gasteiger partial charge in [-0.25, -0.2) is 9.37 Å². The summed E-state index contributed by atoms with van der Waals surface area (Å²) in [6.07, 6.45) is 7.38. The van der Waals surface area contributed by atoms with Crippen LogP contribution in [-0.4, -0.2) is 17.6 Å². The van der Waals surface area contributed by atoms with Crippen LogP contribution in [0.25, 0.3) is 0 Å². The lowest BCUT2D eigenvalue weighted by molar-refractivity contribution is 0.141. The molecule has 3 nitrogen and oxygen atoms in total. The molecule has 0 bridgehead atoms. The Bertz CT molecular complexity index is 378. The van der Waals surface area contributed by atoms with Crippen LogP contribution in [0.3, 0.4) is 0 Å². The highest BCUT2D eigenvalue weighted by Gasteiger charge is 2.18. The first kappa shape index (κ1) is 13.3. The van der Waals surface area contributed by atoms with Crippen molar-refractivity contribution in [2.75, 3.05) is 6.54 Å². The van der Waals surface area contributed by atoms with Crippen molar-refractivity contribution >= 4 is 0 Å². The second kappa shape index (κ2) is 6.69. The smallest absolute Gasteiger partial charge is 0.250 e. The minimum absolute atomic E-state index is 0.134. The summed E-state index contributed by atoms with van der Waals surface area (Å²) in [5.41, 5.74) is 0.623. The van der Waals surface area contributed by atoms with Gasteiger partial charge in [-0.15, -0.1) is 0 Å². The van der Waals surface area contributed by atoms with E-state index in [1.54, 1.807) is 12.3 Å². The standard InChI is InChI=1S/C14H21FN2O/c1-2-16-10-11-8-9-17-14(13(11)15)18-12-6-4-3-5-7-12/h8-9,12,16H,2-7,10H2,1H3. The molecule has 1 saturated carbocycles. The molecule has 18 heavy (non-hydrogen) atoms. The molecule has 1 aliphatic carbocycles. The van der Waals surface area contributed by atoms with Crippen LogP contribution in [0.2, 0.25) is 0 Å². The molecule has 1 heterocycles. The number of rotatable bonds is 5. The van der Waals surface area contributed by atoms with Crippen LogP contribution in [-0.2, 0) is 6.54 Å². The largest absolute Gasteiger partial charge is 0.472 e. The summed E-state index contributed by atoms with van der Waals surface area (Å²) in [7, 11) is 0. The van der Waals surface area contributed by atoms with Crippen molar-refractivity contribution in [1.82, 2.24) is 10.3 Å². The maximum atomic E-state index is 14.1. The van der Waals surface area contributed by atoms with Crippen molar-refractivity contribution in [3.63, 3.8) is 0 Å². The molecule has 1 fully saturated rings. The fourth-order valence-corrected chi connectivity index (χ4v) is 2.28. The first-order valence-electron chi connectivity index (χ1n) is 6.82. The van der Waals surface area contributed by atoms with Gasteiger partial charge in [-0.1, -0.05) is 13.3 Å². The number of ether oxygens (including phenoxy) is 1. The second-order valence-corrected chi connectivity index (χ2v) is 4.75. The normalized spacial score (nSPS) is 16.8. The summed E-state index contributed by atoms with van der Waals surface area (Å²) in [6, 6.07) is 1.70. The minimum atomic E-state index is -0.316. The average Bonchev–Trinajstić information content (AvgIpc) is 2.41. The average molecular weight is 252 g/mol. The predicted molar refractivity (Wildman–Crippen MR) is 69.1 cm³/mol. The Morgan fingerprint density at radius 2 is 2.17 bits per heavy atom. The van der Waals surface area contributed by atoms with Gasteiger partial charge in [0.2, 0.25) is 0 Å². The van der Waals surface area contributed by atoms with Gasteiger partial charge in [-0.3, -0.25) is 0 Å². The molecule has 0 aromatic carbocycles. The molecule has 4 heteroatoms. The van der Waals surface area contributed by atoms with Gasteiger partial charge < -0.3 is 10.1 Å². The summed E-state index contributed by atoms with van der Waals surface area (Å²) in [4.78, 5) is 4.02. The van der Waals surface area contributed by atoms with E-state index in [-0.39, 0.29) is 17.8 Å². The highest BCUT2D eigenvalue weighted by molar-refractivity contribution is 5.23. The Labute approximate surface area is 108 Å². The quantitative estimate of drug-likeness (QED) is 0.874. The zero-order valence-electron chi connectivity index (χ0n) is 10.9. The van der Waals surface area contributed by atoms with E-state index in [2.05, 4.69) is 10.3 Å². The molecule has 0 amide bonds. The summed E-state index contributed by atoms with van der Waals surface area (Å²) in [5.74, 6) is -0.152. The van der Waals surface area contributed by atoms with Crippen molar-refractivity contribution < 1.29 is 9.13 Å². The van der Waals surface area contributed by atoms with Gasteiger partial charge in [0, 0.05) is 18.3 Å². The van der Waals surface area contributed by atoms with Crippen LogP contribution in [0.4, 0.5) is 4.39 Å². The number of nitrogens with zero attached hydrogens (tertiary/aromatic N) is 1. The van der Waals surface area contributed by atoms with Crippen molar-refractivity contribution in [3.8, 4) is 5.88 Å². The number of aromatic nitrogens is 1. The summed E-state index contributed by atoms with van der Waals surface area (Å²) in [5, 5.41) is 3.11. The molecular formula is C14H21FN2O. The maximum absolute atomic E-state index is 14.1. The van der Waals surface area contributed by atoms with E-state index >= 15 is 0 Å². The Hall–Kier alpha value is -1.16. The molecule has 1 aliphatic rings. The highest BCUT2D eigenvalue weighted by atomic mass is 19.1. The number of hydrogen-bond donors (Lipinski definition) is 1. The van der Waals surface area contributed by atoms with E-state index < -0.39 is 0 Å². The van der Waals surface area contributed by atoms with Crippen molar-refractivity contribution in [2.45, 2.75) is 51.7 Å². The van der Waals surface area contributed by atoms with Gasteiger partial charge in [0.1, 0.15) is 6.10 Å². The van der Waals surface area contributed by atoms with Crippen LogP contribution in [0.1, 0.15) is 44.6 Å². The van der Waals surface area contributed by atoms with E-state index in [0.29, 0.717) is 12.1 Å². The SMILES string of the molecule is CCNCc1ccnc(OC2CCCCC2)c1F. The van der Waals surface area contributed by atoms with Crippen LogP contribution in [0, 0.1) is 5.82 Å². The molecule has 1 aromatic rings. The summed E-state index contributed by atoms with van der Waals surface area (Å²) in [6.45, 7) is 3.34. The number of pyridine rings is 1. The molecule has 0 radical (unpaired) electrons. The van der Waals surface area contributed by atoms with Gasteiger partial charge in [0.05, 0.1) is 0 Å². The monoisotopic (exact) mass is 252 g/mol. The van der Waals surface area contributed by atoms with Crippen molar-refractivity contribution in [1.29, 1.82) is 0 Å². The Kier molecular flexibility index (Phi) is 4.93. The molecule has 0 saturated heterocycles. The lowest BCUT2D eigenvalue weighted by Gasteiger charge is -2.22. The van der Waals surface area contributed by atoms with Gasteiger partial charge in [-0.2, -0.15) is 0 Å². The zero-order valence-corrected chi connectivity index (χ0v) is 10.9. The molecule has 0 aliphatic heterocycles. The van der Waals surface area contributed by atoms with E-state index in [1.165, 1.54) is 19.3 Å². The van der Waals surface area contributed by atoms with Gasteiger partial charge in [0.15, 0.2) is 5.82 Å². The second-order valence-electron chi connectivity index (χ2n) is 4.75. The molecule has 0 unspecified atom stereocenters. The van der Waals surface area contributed by atoms with Gasteiger partial charge in [0.25, 0.3) is 5.88 Å². The van der Waals surface area contributed by atoms with Gasteiger partial charge >= 0.3 is 0 Å². The molecular weight excluding hydrogens is 231 g/mol. The molecule has 2 rings (SSSR count). The van der Waals surface area contributed by atoms with E-state index in [9.17, 15) is 4.39 Å². The lowest BCUT2D eigenvalue weighted by atomic mass is 9.98. The molecule has 1 N–H and O–H groups in total. The fourth-order valence-electron chi connectivity index (χ4n) is 2.28. The molecule has 0 atom stereocenters. The number of halogens is 1. The fraction of sp³-hybridized carbons (Fsp3) is 0.643. The third kappa shape index (κ3) is 3.42. The van der Waals surface area contributed by atoms with Crippen LogP contribution < -0.4 is 10.1 Å². The third-order valence-corrected chi connectivity index (χ3v) is 3.33. The molecule has 1 aromatic heterocycles. The van der Waals surface area contributed by atoms with E-state index in [0.717, 1.165) is 19.4 Å². The predicted octanol–water partition coefficient (Wildman–Crippen LogP) is 3.04. The maximum Gasteiger partial charge on any atom is 0.250 e. The van der Waals surface area contributed by atoms with E-state index in [1.807, 2.05) is 6.92 Å². The van der Waals surface area contributed by atoms with Gasteiger partial charge in [-0.05, 0) is 38.3 Å². The van der Waals surface area contributed by atoms with Crippen molar-refractivity contribution in [3.05, 3.63) is 23.6 Å². The van der Waals surface area contributed by atoms with E-state index in [4.69, 9.17) is 4.74 Å².